The summed E-state index contributed by atoms with van der Waals surface area (Å²) in [7, 11) is 0. The van der Waals surface area contributed by atoms with Gasteiger partial charge >= 0.3 is 0 Å². The maximum atomic E-state index is 5.83. The summed E-state index contributed by atoms with van der Waals surface area (Å²) >= 11 is 0. The molecule has 1 atom stereocenters. The molecule has 0 saturated carbocycles. The van der Waals surface area contributed by atoms with Gasteiger partial charge in [0.25, 0.3) is 0 Å². The number of aryl methyl sites for hydroxylation is 2. The Morgan fingerprint density at radius 3 is 2.53 bits per heavy atom. The molecule has 0 fully saturated rings. The fourth-order valence-electron chi connectivity index (χ4n) is 2.35. The van der Waals surface area contributed by atoms with E-state index in [1.54, 1.807) is 0 Å². The SMILES string of the molecule is CCCNC(c1ccc(C)o1)c1cccc(C)c1C. The molecule has 0 amide bonds. The Labute approximate surface area is 115 Å². The Kier molecular flexibility index (Phi) is 4.43. The summed E-state index contributed by atoms with van der Waals surface area (Å²) < 4.78 is 5.83. The van der Waals surface area contributed by atoms with Crippen molar-refractivity contribution >= 4 is 0 Å². The largest absolute Gasteiger partial charge is 0.464 e. The molecule has 2 heteroatoms. The molecule has 0 aliphatic heterocycles. The molecule has 0 bridgehead atoms. The zero-order chi connectivity index (χ0) is 13.8. The van der Waals surface area contributed by atoms with E-state index in [9.17, 15) is 0 Å². The van der Waals surface area contributed by atoms with E-state index in [4.69, 9.17) is 4.42 Å². The van der Waals surface area contributed by atoms with Crippen molar-refractivity contribution in [2.45, 2.75) is 40.2 Å². The molecule has 102 valence electrons. The van der Waals surface area contributed by atoms with E-state index in [-0.39, 0.29) is 6.04 Å². The maximum absolute atomic E-state index is 5.83. The van der Waals surface area contributed by atoms with Gasteiger partial charge in [-0.3, -0.25) is 0 Å². The van der Waals surface area contributed by atoms with Gasteiger partial charge in [0.2, 0.25) is 0 Å². The van der Waals surface area contributed by atoms with Crippen LogP contribution in [-0.4, -0.2) is 6.54 Å². The zero-order valence-electron chi connectivity index (χ0n) is 12.3. The van der Waals surface area contributed by atoms with E-state index in [0.717, 1.165) is 24.5 Å². The van der Waals surface area contributed by atoms with Gasteiger partial charge in [0.15, 0.2) is 0 Å². The van der Waals surface area contributed by atoms with Crippen LogP contribution in [0.1, 0.15) is 47.6 Å². The molecule has 19 heavy (non-hydrogen) atoms. The molecule has 0 spiro atoms. The van der Waals surface area contributed by atoms with Gasteiger partial charge in [-0.05, 0) is 62.6 Å². The Morgan fingerprint density at radius 2 is 1.89 bits per heavy atom. The summed E-state index contributed by atoms with van der Waals surface area (Å²) in [6, 6.07) is 10.7. The fraction of sp³-hybridized carbons (Fsp3) is 0.412. The van der Waals surface area contributed by atoms with Crippen LogP contribution in [0.15, 0.2) is 34.7 Å². The molecule has 0 saturated heterocycles. The van der Waals surface area contributed by atoms with Gasteiger partial charge in [-0.1, -0.05) is 25.1 Å². The van der Waals surface area contributed by atoms with Gasteiger partial charge in [0, 0.05) is 0 Å². The van der Waals surface area contributed by atoms with Crippen LogP contribution >= 0.6 is 0 Å². The summed E-state index contributed by atoms with van der Waals surface area (Å²) in [5.41, 5.74) is 3.97. The molecular formula is C17H23NO. The highest BCUT2D eigenvalue weighted by molar-refractivity contribution is 5.38. The lowest BCUT2D eigenvalue weighted by molar-refractivity contribution is 0.429. The van der Waals surface area contributed by atoms with Crippen molar-refractivity contribution in [1.82, 2.24) is 5.32 Å². The predicted molar refractivity (Wildman–Crippen MR) is 79.5 cm³/mol. The number of rotatable bonds is 5. The third-order valence-electron chi connectivity index (χ3n) is 3.60. The average Bonchev–Trinajstić information content (AvgIpc) is 2.81. The van der Waals surface area contributed by atoms with Gasteiger partial charge in [0.1, 0.15) is 11.5 Å². The molecule has 2 rings (SSSR count). The first-order valence-electron chi connectivity index (χ1n) is 6.99. The molecule has 2 nitrogen and oxygen atoms in total. The first kappa shape index (κ1) is 13.9. The monoisotopic (exact) mass is 257 g/mol. The predicted octanol–water partition coefficient (Wildman–Crippen LogP) is 4.29. The second-order valence-electron chi connectivity index (χ2n) is 5.12. The minimum Gasteiger partial charge on any atom is -0.464 e. The first-order chi connectivity index (χ1) is 9.13. The highest BCUT2D eigenvalue weighted by atomic mass is 16.3. The van der Waals surface area contributed by atoms with Crippen molar-refractivity contribution in [3.05, 3.63) is 58.5 Å². The molecule has 1 N–H and O–H groups in total. The highest BCUT2D eigenvalue weighted by Crippen LogP contribution is 2.27. The van der Waals surface area contributed by atoms with Crippen molar-refractivity contribution in [2.75, 3.05) is 6.54 Å². The van der Waals surface area contributed by atoms with Crippen molar-refractivity contribution in [2.24, 2.45) is 0 Å². The zero-order valence-corrected chi connectivity index (χ0v) is 12.3. The van der Waals surface area contributed by atoms with Crippen molar-refractivity contribution in [1.29, 1.82) is 0 Å². The fourth-order valence-corrected chi connectivity index (χ4v) is 2.35. The van der Waals surface area contributed by atoms with Crippen LogP contribution in [0.25, 0.3) is 0 Å². The number of hydrogen-bond donors (Lipinski definition) is 1. The summed E-state index contributed by atoms with van der Waals surface area (Å²) in [5.74, 6) is 1.96. The van der Waals surface area contributed by atoms with Gasteiger partial charge in [-0.2, -0.15) is 0 Å². The third kappa shape index (κ3) is 3.07. The lowest BCUT2D eigenvalue weighted by Crippen LogP contribution is -2.23. The Balaban J connectivity index is 2.39. The van der Waals surface area contributed by atoms with Crippen molar-refractivity contribution in [3.63, 3.8) is 0 Å². The summed E-state index contributed by atoms with van der Waals surface area (Å²) in [5, 5.41) is 3.59. The van der Waals surface area contributed by atoms with Crippen LogP contribution in [0.2, 0.25) is 0 Å². The molecular weight excluding hydrogens is 234 g/mol. The van der Waals surface area contributed by atoms with Crippen LogP contribution in [0.5, 0.6) is 0 Å². The summed E-state index contributed by atoms with van der Waals surface area (Å²) in [4.78, 5) is 0. The minimum absolute atomic E-state index is 0.147. The third-order valence-corrected chi connectivity index (χ3v) is 3.60. The van der Waals surface area contributed by atoms with Crippen LogP contribution in [0, 0.1) is 20.8 Å². The minimum atomic E-state index is 0.147. The molecule has 2 aromatic rings. The Morgan fingerprint density at radius 1 is 1.11 bits per heavy atom. The second-order valence-corrected chi connectivity index (χ2v) is 5.12. The molecule has 0 radical (unpaired) electrons. The van der Waals surface area contributed by atoms with E-state index in [1.807, 2.05) is 13.0 Å². The van der Waals surface area contributed by atoms with E-state index >= 15 is 0 Å². The maximum Gasteiger partial charge on any atom is 0.125 e. The number of benzene rings is 1. The van der Waals surface area contributed by atoms with Gasteiger partial charge in [-0.15, -0.1) is 0 Å². The smallest absolute Gasteiger partial charge is 0.125 e. The average molecular weight is 257 g/mol. The van der Waals surface area contributed by atoms with Gasteiger partial charge < -0.3 is 9.73 Å². The highest BCUT2D eigenvalue weighted by Gasteiger charge is 2.19. The summed E-state index contributed by atoms with van der Waals surface area (Å²) in [6.07, 6.45) is 1.11. The van der Waals surface area contributed by atoms with Gasteiger partial charge in [0.05, 0.1) is 6.04 Å². The second kappa shape index (κ2) is 6.07. The summed E-state index contributed by atoms with van der Waals surface area (Å²) in [6.45, 7) is 9.49. The lowest BCUT2D eigenvalue weighted by Gasteiger charge is -2.20. The van der Waals surface area contributed by atoms with E-state index < -0.39 is 0 Å². The number of nitrogens with one attached hydrogen (secondary N) is 1. The molecule has 1 aromatic heterocycles. The molecule has 1 heterocycles. The Hall–Kier alpha value is -1.54. The van der Waals surface area contributed by atoms with Gasteiger partial charge in [-0.25, -0.2) is 0 Å². The molecule has 1 unspecified atom stereocenters. The van der Waals surface area contributed by atoms with Crippen molar-refractivity contribution < 1.29 is 4.42 Å². The topological polar surface area (TPSA) is 25.2 Å². The first-order valence-corrected chi connectivity index (χ1v) is 6.99. The van der Waals surface area contributed by atoms with Crippen LogP contribution < -0.4 is 5.32 Å². The quantitative estimate of drug-likeness (QED) is 0.864. The lowest BCUT2D eigenvalue weighted by atomic mass is 9.96. The standard InChI is InChI=1S/C17H23NO/c1-5-11-18-17(16-10-9-13(3)19-16)15-8-6-7-12(2)14(15)4/h6-10,17-18H,5,11H2,1-4H3. The number of hydrogen-bond acceptors (Lipinski definition) is 2. The van der Waals surface area contributed by atoms with E-state index in [1.165, 1.54) is 16.7 Å². The molecule has 0 aliphatic carbocycles. The normalized spacial score (nSPS) is 12.6. The van der Waals surface area contributed by atoms with E-state index in [0.29, 0.717) is 0 Å². The number of furan rings is 1. The Bertz CT molecular complexity index is 542. The van der Waals surface area contributed by atoms with Crippen molar-refractivity contribution in [3.8, 4) is 0 Å². The molecule has 1 aromatic carbocycles. The van der Waals surface area contributed by atoms with Crippen LogP contribution in [-0.2, 0) is 0 Å². The van der Waals surface area contributed by atoms with Crippen LogP contribution in [0.3, 0.4) is 0 Å². The van der Waals surface area contributed by atoms with Crippen LogP contribution in [0.4, 0.5) is 0 Å². The molecule has 0 aliphatic rings. The van der Waals surface area contributed by atoms with E-state index in [2.05, 4.69) is 50.4 Å².